The first-order valence-corrected chi connectivity index (χ1v) is 13.8. The first-order chi connectivity index (χ1) is 19.3. The Kier molecular flexibility index (Phi) is 9.54. The van der Waals surface area contributed by atoms with Gasteiger partial charge in [-0.15, -0.1) is 11.8 Å². The fraction of sp³-hybridized carbons (Fsp3) is 0.121. The average molecular weight is 550 g/mol. The van der Waals surface area contributed by atoms with E-state index in [1.165, 1.54) is 11.8 Å². The average Bonchev–Trinajstić information content (AvgIpc) is 2.96. The van der Waals surface area contributed by atoms with Crippen LogP contribution in [-0.4, -0.2) is 23.5 Å². The van der Waals surface area contributed by atoms with E-state index in [2.05, 4.69) is 16.0 Å². The standard InChI is InChI=1S/C33H31N3O3S/c1-22-10-13-25(14-11-22)20-30(36-32(38)26-7-5-4-6-8-26)33(39)34-27-15-17-28(18-16-27)40-21-31(37)35-29-19-23(2)9-12-24(29)3/h4-20H,21H2,1-3H3,(H,34,39)(H,35,37)(H,36,38)/b30-20-. The summed E-state index contributed by atoms with van der Waals surface area (Å²) in [6.07, 6.45) is 1.65. The van der Waals surface area contributed by atoms with E-state index in [1.807, 2.05) is 81.4 Å². The summed E-state index contributed by atoms with van der Waals surface area (Å²) in [6, 6.07) is 29.6. The normalized spacial score (nSPS) is 11.0. The lowest BCUT2D eigenvalue weighted by molar-refractivity contribution is -0.114. The number of anilines is 2. The summed E-state index contributed by atoms with van der Waals surface area (Å²) in [6.45, 7) is 5.93. The second-order valence-electron chi connectivity index (χ2n) is 9.42. The van der Waals surface area contributed by atoms with Crippen molar-refractivity contribution in [1.82, 2.24) is 5.32 Å². The number of hydrogen-bond acceptors (Lipinski definition) is 4. The molecule has 0 atom stereocenters. The minimum atomic E-state index is -0.446. The van der Waals surface area contributed by atoms with Gasteiger partial charge in [-0.05, 0) is 86.0 Å². The van der Waals surface area contributed by atoms with Crippen molar-refractivity contribution in [3.63, 3.8) is 0 Å². The van der Waals surface area contributed by atoms with Gasteiger partial charge in [-0.3, -0.25) is 14.4 Å². The molecule has 0 bridgehead atoms. The van der Waals surface area contributed by atoms with Gasteiger partial charge < -0.3 is 16.0 Å². The molecular formula is C33H31N3O3S. The molecule has 4 rings (SSSR count). The second kappa shape index (κ2) is 13.4. The van der Waals surface area contributed by atoms with E-state index in [0.717, 1.165) is 32.8 Å². The van der Waals surface area contributed by atoms with Crippen LogP contribution in [0.5, 0.6) is 0 Å². The van der Waals surface area contributed by atoms with E-state index in [1.54, 1.807) is 42.5 Å². The van der Waals surface area contributed by atoms with Crippen LogP contribution in [0.4, 0.5) is 11.4 Å². The van der Waals surface area contributed by atoms with Gasteiger partial charge in [-0.2, -0.15) is 0 Å². The van der Waals surface area contributed by atoms with E-state index in [0.29, 0.717) is 11.3 Å². The van der Waals surface area contributed by atoms with Crippen molar-refractivity contribution in [3.05, 3.63) is 131 Å². The Bertz CT molecular complexity index is 1530. The predicted molar refractivity (Wildman–Crippen MR) is 163 cm³/mol. The SMILES string of the molecule is Cc1ccc(/C=C(\NC(=O)c2ccccc2)C(=O)Nc2ccc(SCC(=O)Nc3cc(C)ccc3C)cc2)cc1. The molecule has 40 heavy (non-hydrogen) atoms. The number of carbonyl (C=O) groups is 3. The van der Waals surface area contributed by atoms with Crippen LogP contribution in [0, 0.1) is 20.8 Å². The van der Waals surface area contributed by atoms with Gasteiger partial charge >= 0.3 is 0 Å². The molecule has 3 amide bonds. The number of rotatable bonds is 9. The molecule has 7 heteroatoms. The van der Waals surface area contributed by atoms with Crippen LogP contribution in [0.15, 0.2) is 108 Å². The number of amides is 3. The van der Waals surface area contributed by atoms with Gasteiger partial charge in [0, 0.05) is 21.8 Å². The zero-order valence-corrected chi connectivity index (χ0v) is 23.5. The summed E-state index contributed by atoms with van der Waals surface area (Å²) in [7, 11) is 0. The van der Waals surface area contributed by atoms with Crippen molar-refractivity contribution in [3.8, 4) is 0 Å². The number of thioether (sulfide) groups is 1. The molecule has 0 spiro atoms. The maximum atomic E-state index is 13.2. The lowest BCUT2D eigenvalue weighted by Gasteiger charge is -2.12. The van der Waals surface area contributed by atoms with E-state index < -0.39 is 5.91 Å². The molecule has 0 aliphatic rings. The van der Waals surface area contributed by atoms with Crippen molar-refractivity contribution < 1.29 is 14.4 Å². The Hall–Kier alpha value is -4.62. The third kappa shape index (κ3) is 8.19. The lowest BCUT2D eigenvalue weighted by Crippen LogP contribution is -2.30. The van der Waals surface area contributed by atoms with E-state index in [9.17, 15) is 14.4 Å². The van der Waals surface area contributed by atoms with Crippen LogP contribution in [-0.2, 0) is 9.59 Å². The van der Waals surface area contributed by atoms with Crippen LogP contribution >= 0.6 is 11.8 Å². The Morgan fingerprint density at radius 3 is 2.12 bits per heavy atom. The highest BCUT2D eigenvalue weighted by molar-refractivity contribution is 8.00. The highest BCUT2D eigenvalue weighted by Gasteiger charge is 2.15. The van der Waals surface area contributed by atoms with Crippen molar-refractivity contribution in [2.45, 2.75) is 25.7 Å². The van der Waals surface area contributed by atoms with Gasteiger partial charge in [0.1, 0.15) is 5.70 Å². The Labute approximate surface area is 238 Å². The molecule has 3 N–H and O–H groups in total. The molecule has 202 valence electrons. The minimum Gasteiger partial charge on any atom is -0.325 e. The largest absolute Gasteiger partial charge is 0.325 e. The molecule has 4 aromatic rings. The van der Waals surface area contributed by atoms with Crippen molar-refractivity contribution >= 4 is 46.9 Å². The second-order valence-corrected chi connectivity index (χ2v) is 10.5. The maximum Gasteiger partial charge on any atom is 0.272 e. The van der Waals surface area contributed by atoms with Crippen LogP contribution < -0.4 is 16.0 Å². The van der Waals surface area contributed by atoms with Crippen molar-refractivity contribution in [1.29, 1.82) is 0 Å². The molecule has 0 aliphatic carbocycles. The third-order valence-electron chi connectivity index (χ3n) is 6.07. The number of hydrogen-bond donors (Lipinski definition) is 3. The zero-order valence-electron chi connectivity index (χ0n) is 22.7. The molecule has 4 aromatic carbocycles. The van der Waals surface area contributed by atoms with Gasteiger partial charge in [-0.25, -0.2) is 0 Å². The maximum absolute atomic E-state index is 13.2. The summed E-state index contributed by atoms with van der Waals surface area (Å²) in [5, 5.41) is 8.57. The smallest absolute Gasteiger partial charge is 0.272 e. The van der Waals surface area contributed by atoms with E-state index in [-0.39, 0.29) is 23.3 Å². The van der Waals surface area contributed by atoms with Crippen LogP contribution in [0.25, 0.3) is 6.08 Å². The first kappa shape index (κ1) is 28.4. The Morgan fingerprint density at radius 1 is 0.750 bits per heavy atom. The summed E-state index contributed by atoms with van der Waals surface area (Å²) in [5.41, 5.74) is 5.94. The highest BCUT2D eigenvalue weighted by Crippen LogP contribution is 2.22. The molecule has 0 aliphatic heterocycles. The van der Waals surface area contributed by atoms with E-state index >= 15 is 0 Å². The van der Waals surface area contributed by atoms with Crippen molar-refractivity contribution in [2.24, 2.45) is 0 Å². The third-order valence-corrected chi connectivity index (χ3v) is 7.08. The highest BCUT2D eigenvalue weighted by atomic mass is 32.2. The molecule has 0 aromatic heterocycles. The van der Waals surface area contributed by atoms with Gasteiger partial charge in [0.2, 0.25) is 5.91 Å². The molecule has 6 nitrogen and oxygen atoms in total. The summed E-state index contributed by atoms with van der Waals surface area (Å²) in [4.78, 5) is 39.4. The fourth-order valence-corrected chi connectivity index (χ4v) is 4.51. The Balaban J connectivity index is 1.40. The molecule has 0 saturated heterocycles. The number of carbonyl (C=O) groups excluding carboxylic acids is 3. The van der Waals surface area contributed by atoms with Crippen LogP contribution in [0.1, 0.15) is 32.6 Å². The summed E-state index contributed by atoms with van der Waals surface area (Å²) < 4.78 is 0. The van der Waals surface area contributed by atoms with Gasteiger partial charge in [0.15, 0.2) is 0 Å². The summed E-state index contributed by atoms with van der Waals surface area (Å²) in [5.74, 6) is -0.650. The molecule has 0 unspecified atom stereocenters. The lowest BCUT2D eigenvalue weighted by atomic mass is 10.1. The van der Waals surface area contributed by atoms with Gasteiger partial charge in [0.25, 0.3) is 11.8 Å². The number of aryl methyl sites for hydroxylation is 3. The zero-order chi connectivity index (χ0) is 28.5. The predicted octanol–water partition coefficient (Wildman–Crippen LogP) is 6.75. The number of benzene rings is 4. The van der Waals surface area contributed by atoms with Gasteiger partial charge in [-0.1, -0.05) is 60.2 Å². The molecule has 0 heterocycles. The van der Waals surface area contributed by atoms with Crippen molar-refractivity contribution in [2.75, 3.05) is 16.4 Å². The van der Waals surface area contributed by atoms with E-state index in [4.69, 9.17) is 0 Å². The monoisotopic (exact) mass is 549 g/mol. The van der Waals surface area contributed by atoms with Crippen LogP contribution in [0.3, 0.4) is 0 Å². The molecule has 0 radical (unpaired) electrons. The van der Waals surface area contributed by atoms with Crippen LogP contribution in [0.2, 0.25) is 0 Å². The number of nitrogens with one attached hydrogen (secondary N) is 3. The minimum absolute atomic E-state index is 0.0869. The van der Waals surface area contributed by atoms with Gasteiger partial charge in [0.05, 0.1) is 5.75 Å². The summed E-state index contributed by atoms with van der Waals surface area (Å²) >= 11 is 1.41. The molecule has 0 saturated carbocycles. The topological polar surface area (TPSA) is 87.3 Å². The quantitative estimate of drug-likeness (QED) is 0.159. The first-order valence-electron chi connectivity index (χ1n) is 12.8. The fourth-order valence-electron chi connectivity index (χ4n) is 3.81. The Morgan fingerprint density at radius 2 is 1.43 bits per heavy atom. The molecule has 0 fully saturated rings. The molecular weight excluding hydrogens is 518 g/mol.